The first-order chi connectivity index (χ1) is 11.0. The number of morpholine rings is 1. The summed E-state index contributed by atoms with van der Waals surface area (Å²) in [5.74, 6) is 0.0565. The molecule has 122 valence electrons. The van der Waals surface area contributed by atoms with Crippen LogP contribution in [0.1, 0.15) is 33.8 Å². The molecule has 6 nitrogen and oxygen atoms in total. The summed E-state index contributed by atoms with van der Waals surface area (Å²) >= 11 is 6.01. The lowest BCUT2D eigenvalue weighted by molar-refractivity contribution is -0.0349. The zero-order chi connectivity index (χ0) is 16.6. The molecule has 3 rings (SSSR count). The number of aryl methyl sites for hydroxylation is 2. The third-order valence-corrected chi connectivity index (χ3v) is 3.96. The summed E-state index contributed by atoms with van der Waals surface area (Å²) in [5, 5.41) is 7.78. The van der Waals surface area contributed by atoms with Gasteiger partial charge in [-0.1, -0.05) is 11.6 Å². The number of carbonyl (C=O) groups excluding carboxylic acids is 1. The maximum Gasteiger partial charge on any atom is 0.255 e. The van der Waals surface area contributed by atoms with E-state index in [1.165, 1.54) is 6.07 Å². The molecule has 2 heterocycles. The van der Waals surface area contributed by atoms with E-state index in [2.05, 4.69) is 10.2 Å². The maximum atomic E-state index is 13.5. The molecule has 1 saturated heterocycles. The summed E-state index contributed by atoms with van der Waals surface area (Å²) in [7, 11) is 0. The molecule has 1 fully saturated rings. The average Bonchev–Trinajstić information content (AvgIpc) is 2.97. The molecule has 1 aliphatic rings. The molecule has 1 aliphatic heterocycles. The molecule has 1 atom stereocenters. The molecule has 0 aliphatic carbocycles. The molecule has 2 aromatic rings. The number of nitrogens with zero attached hydrogens (tertiary/aromatic N) is 3. The number of amides is 1. The second kappa shape index (κ2) is 6.25. The van der Waals surface area contributed by atoms with Crippen LogP contribution in [0.15, 0.2) is 16.5 Å². The number of ether oxygens (including phenoxy) is 1. The fourth-order valence-electron chi connectivity index (χ4n) is 2.42. The van der Waals surface area contributed by atoms with Crippen LogP contribution in [0.5, 0.6) is 0 Å². The van der Waals surface area contributed by atoms with E-state index >= 15 is 0 Å². The van der Waals surface area contributed by atoms with Gasteiger partial charge in [0.25, 0.3) is 5.91 Å². The van der Waals surface area contributed by atoms with Crippen LogP contribution < -0.4 is 0 Å². The third kappa shape index (κ3) is 3.20. The standard InChI is InChI=1S/C15H15ClFN3O3/c1-8-5-10(11(16)6-12(8)17)15(21)20-3-4-22-13(7-20)14-19-18-9(2)23-14/h5-6,13H,3-4,7H2,1-2H3/t13-/m0/s1. The van der Waals surface area contributed by atoms with Crippen molar-refractivity contribution in [1.29, 1.82) is 0 Å². The van der Waals surface area contributed by atoms with Crippen LogP contribution in [-0.4, -0.2) is 40.7 Å². The van der Waals surface area contributed by atoms with Crippen molar-refractivity contribution in [3.05, 3.63) is 45.9 Å². The van der Waals surface area contributed by atoms with Crippen molar-refractivity contribution in [3.63, 3.8) is 0 Å². The number of hydrogen-bond acceptors (Lipinski definition) is 5. The Labute approximate surface area is 137 Å². The van der Waals surface area contributed by atoms with Crippen LogP contribution in [0.4, 0.5) is 4.39 Å². The average molecular weight is 340 g/mol. The number of rotatable bonds is 2. The third-order valence-electron chi connectivity index (χ3n) is 3.65. The molecular formula is C15H15ClFN3O3. The first-order valence-electron chi connectivity index (χ1n) is 7.12. The van der Waals surface area contributed by atoms with Crippen LogP contribution in [0, 0.1) is 19.7 Å². The van der Waals surface area contributed by atoms with Gasteiger partial charge in [-0.05, 0) is 24.6 Å². The molecule has 1 aromatic carbocycles. The highest BCUT2D eigenvalue weighted by Crippen LogP contribution is 2.26. The number of benzene rings is 1. The summed E-state index contributed by atoms with van der Waals surface area (Å²) in [5.41, 5.74) is 0.642. The Morgan fingerprint density at radius 1 is 1.39 bits per heavy atom. The molecule has 0 spiro atoms. The van der Waals surface area contributed by atoms with Crippen molar-refractivity contribution < 1.29 is 18.3 Å². The Kier molecular flexibility index (Phi) is 4.32. The fraction of sp³-hybridized carbons (Fsp3) is 0.400. The van der Waals surface area contributed by atoms with Gasteiger partial charge in [0.1, 0.15) is 5.82 Å². The highest BCUT2D eigenvalue weighted by Gasteiger charge is 2.30. The van der Waals surface area contributed by atoms with E-state index < -0.39 is 11.9 Å². The zero-order valence-electron chi connectivity index (χ0n) is 12.7. The molecule has 0 radical (unpaired) electrons. The van der Waals surface area contributed by atoms with Crippen LogP contribution in [0.25, 0.3) is 0 Å². The zero-order valence-corrected chi connectivity index (χ0v) is 13.4. The van der Waals surface area contributed by atoms with Crippen LogP contribution in [0.2, 0.25) is 5.02 Å². The van der Waals surface area contributed by atoms with Crippen LogP contribution >= 0.6 is 11.6 Å². The van der Waals surface area contributed by atoms with Crippen LogP contribution in [-0.2, 0) is 4.74 Å². The Morgan fingerprint density at radius 2 is 2.17 bits per heavy atom. The van der Waals surface area contributed by atoms with Crippen molar-refractivity contribution in [2.75, 3.05) is 19.7 Å². The lowest BCUT2D eigenvalue weighted by atomic mass is 10.1. The van der Waals surface area contributed by atoms with Crippen molar-refractivity contribution in [2.24, 2.45) is 0 Å². The van der Waals surface area contributed by atoms with Crippen LogP contribution in [0.3, 0.4) is 0 Å². The van der Waals surface area contributed by atoms with Gasteiger partial charge >= 0.3 is 0 Å². The van der Waals surface area contributed by atoms with Crippen molar-refractivity contribution in [3.8, 4) is 0 Å². The number of hydrogen-bond donors (Lipinski definition) is 0. The minimum absolute atomic E-state index is 0.0924. The molecular weight excluding hydrogens is 325 g/mol. The number of carbonyl (C=O) groups is 1. The summed E-state index contributed by atoms with van der Waals surface area (Å²) in [4.78, 5) is 14.3. The van der Waals surface area contributed by atoms with Crippen molar-refractivity contribution >= 4 is 17.5 Å². The Morgan fingerprint density at radius 3 is 2.87 bits per heavy atom. The van der Waals surface area contributed by atoms with E-state index in [4.69, 9.17) is 20.8 Å². The molecule has 23 heavy (non-hydrogen) atoms. The number of halogens is 2. The van der Waals surface area contributed by atoms with E-state index in [0.717, 1.165) is 6.07 Å². The monoisotopic (exact) mass is 339 g/mol. The van der Waals surface area contributed by atoms with Gasteiger partial charge in [0.2, 0.25) is 11.8 Å². The Hall–Kier alpha value is -1.99. The molecule has 0 N–H and O–H groups in total. The Bertz CT molecular complexity index is 750. The molecule has 1 amide bonds. The maximum absolute atomic E-state index is 13.5. The SMILES string of the molecule is Cc1nnc([C@@H]2CN(C(=O)c3cc(C)c(F)cc3Cl)CCO2)o1. The predicted octanol–water partition coefficient (Wildman–Crippen LogP) is 2.69. The summed E-state index contributed by atoms with van der Waals surface area (Å²) in [6, 6.07) is 2.62. The minimum atomic E-state index is -0.478. The van der Waals surface area contributed by atoms with Gasteiger partial charge in [0.15, 0.2) is 6.10 Å². The van der Waals surface area contributed by atoms with Crippen molar-refractivity contribution in [1.82, 2.24) is 15.1 Å². The van der Waals surface area contributed by atoms with Gasteiger partial charge in [-0.2, -0.15) is 0 Å². The van der Waals surface area contributed by atoms with Gasteiger partial charge < -0.3 is 14.1 Å². The molecule has 0 bridgehead atoms. The largest absolute Gasteiger partial charge is 0.423 e. The lowest BCUT2D eigenvalue weighted by Crippen LogP contribution is -2.42. The van der Waals surface area contributed by atoms with E-state index in [0.29, 0.717) is 30.5 Å². The first kappa shape index (κ1) is 15.9. The predicted molar refractivity (Wildman–Crippen MR) is 79.8 cm³/mol. The molecule has 1 aromatic heterocycles. The lowest BCUT2D eigenvalue weighted by Gasteiger charge is -2.31. The van der Waals surface area contributed by atoms with Gasteiger partial charge in [-0.15, -0.1) is 10.2 Å². The van der Waals surface area contributed by atoms with Gasteiger partial charge in [-0.25, -0.2) is 4.39 Å². The Balaban J connectivity index is 1.81. The van der Waals surface area contributed by atoms with Crippen molar-refractivity contribution in [2.45, 2.75) is 20.0 Å². The summed E-state index contributed by atoms with van der Waals surface area (Å²) in [6.45, 7) is 4.30. The normalized spacial score (nSPS) is 18.3. The van der Waals surface area contributed by atoms with Gasteiger partial charge in [-0.3, -0.25) is 4.79 Å². The summed E-state index contributed by atoms with van der Waals surface area (Å²) in [6.07, 6.45) is -0.478. The quantitative estimate of drug-likeness (QED) is 0.841. The highest BCUT2D eigenvalue weighted by atomic mass is 35.5. The van der Waals surface area contributed by atoms with E-state index in [1.54, 1.807) is 18.7 Å². The molecule has 8 heteroatoms. The van der Waals surface area contributed by atoms with E-state index in [-0.39, 0.29) is 23.0 Å². The van der Waals surface area contributed by atoms with Gasteiger partial charge in [0, 0.05) is 13.5 Å². The van der Waals surface area contributed by atoms with E-state index in [9.17, 15) is 9.18 Å². The molecule has 0 unspecified atom stereocenters. The second-order valence-electron chi connectivity index (χ2n) is 5.35. The second-order valence-corrected chi connectivity index (χ2v) is 5.76. The fourth-order valence-corrected chi connectivity index (χ4v) is 2.65. The topological polar surface area (TPSA) is 68.5 Å². The number of aromatic nitrogens is 2. The molecule has 0 saturated carbocycles. The first-order valence-corrected chi connectivity index (χ1v) is 7.50. The smallest absolute Gasteiger partial charge is 0.255 e. The highest BCUT2D eigenvalue weighted by molar-refractivity contribution is 6.33. The summed E-state index contributed by atoms with van der Waals surface area (Å²) < 4.78 is 24.4. The minimum Gasteiger partial charge on any atom is -0.423 e. The van der Waals surface area contributed by atoms with E-state index in [1.807, 2.05) is 0 Å². The van der Waals surface area contributed by atoms with Gasteiger partial charge in [0.05, 0.1) is 23.7 Å².